The van der Waals surface area contributed by atoms with E-state index in [2.05, 4.69) is 20.8 Å². The van der Waals surface area contributed by atoms with Crippen LogP contribution in [-0.4, -0.2) is 33.0 Å². The van der Waals surface area contributed by atoms with Gasteiger partial charge in [0, 0.05) is 17.3 Å². The van der Waals surface area contributed by atoms with Gasteiger partial charge in [-0.05, 0) is 212 Å². The Morgan fingerprint density at radius 2 is 1.02 bits per heavy atom. The summed E-state index contributed by atoms with van der Waals surface area (Å²) in [5.74, 6) is 2.53. The molecule has 8 saturated carbocycles. The Morgan fingerprint density at radius 3 is 1.50 bits per heavy atom. The molecule has 8 aliphatic rings. The molecule has 0 saturated heterocycles. The molecule has 0 heterocycles. The van der Waals surface area contributed by atoms with E-state index < -0.39 is 28.9 Å². The third-order valence-corrected chi connectivity index (χ3v) is 17.9. The lowest BCUT2D eigenvalue weighted by Gasteiger charge is -2.61. The summed E-state index contributed by atoms with van der Waals surface area (Å²) < 4.78 is 34.8. The van der Waals surface area contributed by atoms with Crippen molar-refractivity contribution in [2.45, 2.75) is 182 Å². The van der Waals surface area contributed by atoms with E-state index in [4.69, 9.17) is 5.48 Å². The highest BCUT2D eigenvalue weighted by atomic mass is 16.3. The number of hydrogen-bond acceptors (Lipinski definition) is 4. The van der Waals surface area contributed by atoms with E-state index in [1.54, 1.807) is 6.92 Å². The predicted molar refractivity (Wildman–Crippen MR) is 193 cm³/mol. The van der Waals surface area contributed by atoms with Crippen molar-refractivity contribution in [1.29, 1.82) is 0 Å². The smallest absolute Gasteiger partial charge is 0.133 e. The highest BCUT2D eigenvalue weighted by Crippen LogP contribution is 2.69. The van der Waals surface area contributed by atoms with Gasteiger partial charge in [0.2, 0.25) is 0 Å². The van der Waals surface area contributed by atoms with Crippen LogP contribution in [0.2, 0.25) is 0 Å². The number of fused-ring (bicyclic) bond motifs is 10. The normalized spacial score (nSPS) is 62.3. The maximum atomic E-state index is 12.5. The molecule has 4 nitrogen and oxygen atoms in total. The van der Waals surface area contributed by atoms with Gasteiger partial charge in [-0.2, -0.15) is 0 Å². The van der Waals surface area contributed by atoms with Crippen molar-refractivity contribution in [3.63, 3.8) is 0 Å². The highest BCUT2D eigenvalue weighted by Gasteiger charge is 2.63. The number of rotatable bonds is 2. The van der Waals surface area contributed by atoms with Gasteiger partial charge in [0.05, 0.1) is 11.2 Å². The summed E-state index contributed by atoms with van der Waals surface area (Å²) in [5, 5.41) is 21.2. The van der Waals surface area contributed by atoms with Crippen LogP contribution in [0.1, 0.15) is 176 Å². The lowest BCUT2D eigenvalue weighted by Crippen LogP contribution is -2.55. The van der Waals surface area contributed by atoms with Crippen molar-refractivity contribution in [2.24, 2.45) is 80.8 Å². The monoisotopic (exact) mass is 669 g/mol. The van der Waals surface area contributed by atoms with Crippen molar-refractivity contribution in [1.82, 2.24) is 0 Å². The molecule has 2 N–H and O–H groups in total. The van der Waals surface area contributed by atoms with Gasteiger partial charge in [-0.3, -0.25) is 9.59 Å². The second kappa shape index (κ2) is 11.9. The highest BCUT2D eigenvalue weighted by molar-refractivity contribution is 5.80. The molecule has 1 unspecified atom stereocenters. The molecule has 0 aromatic rings. The average Bonchev–Trinajstić information content (AvgIpc) is 3.41. The summed E-state index contributed by atoms with van der Waals surface area (Å²) in [6, 6.07) is 0. The first-order valence-corrected chi connectivity index (χ1v) is 20.3. The van der Waals surface area contributed by atoms with Crippen LogP contribution >= 0.6 is 0 Å². The zero-order chi connectivity index (χ0) is 38.2. The molecule has 4 heteroatoms. The van der Waals surface area contributed by atoms with Crippen LogP contribution in [0.15, 0.2) is 0 Å². The summed E-state index contributed by atoms with van der Waals surface area (Å²) >= 11 is 0. The fourth-order valence-electron chi connectivity index (χ4n) is 15.2. The van der Waals surface area contributed by atoms with E-state index in [0.29, 0.717) is 47.3 Å². The lowest BCUT2D eigenvalue weighted by atomic mass is 9.44. The Labute approximate surface area is 299 Å². The maximum Gasteiger partial charge on any atom is 0.133 e. The van der Waals surface area contributed by atoms with Gasteiger partial charge >= 0.3 is 0 Å². The van der Waals surface area contributed by atoms with E-state index in [-0.39, 0.29) is 40.6 Å². The standard InChI is InChI=1S/2C22H36O2/c2*1-14(23)17-7-8-18-16-6-5-15-13-20(2,24)11-12-21(15,3)19(16)9-10-22(17,18)4/h2*15-19,24H,5-13H2,1-4H3/t2*15-,16-,17+,18-,19-,20+,21-,22+/m00/s1/i7D2,17D;7D/tm;7?,15-,16-,17+,18-,19-,20+,21-,22+. The zero-order valence-electron chi connectivity index (χ0n) is 35.8. The van der Waals surface area contributed by atoms with Crippen LogP contribution in [0.25, 0.3) is 0 Å². The number of carbonyl (C=O) groups is 2. The van der Waals surface area contributed by atoms with Gasteiger partial charge in [-0.15, -0.1) is 0 Å². The minimum atomic E-state index is -1.75. The number of aliphatic hydroxyl groups is 2. The minimum Gasteiger partial charge on any atom is -0.390 e. The average molecular weight is 669 g/mol. The Morgan fingerprint density at radius 1 is 0.562 bits per heavy atom. The molecule has 0 amide bonds. The molecule has 8 fully saturated rings. The molecule has 17 atom stereocenters. The summed E-state index contributed by atoms with van der Waals surface area (Å²) in [6.45, 7) is 16.4. The Kier molecular flexibility index (Phi) is 7.64. The van der Waals surface area contributed by atoms with Gasteiger partial charge in [-0.1, -0.05) is 27.7 Å². The van der Waals surface area contributed by atoms with E-state index in [1.807, 2.05) is 20.8 Å². The van der Waals surface area contributed by atoms with Crippen molar-refractivity contribution in [3.8, 4) is 0 Å². The molecule has 272 valence electrons. The second-order valence-electron chi connectivity index (χ2n) is 20.6. The van der Waals surface area contributed by atoms with Crippen LogP contribution in [0.3, 0.4) is 0 Å². The predicted octanol–water partition coefficient (Wildman–Crippen LogP) is 9.97. The Balaban J connectivity index is 0.000000162. The molecule has 0 aromatic carbocycles. The van der Waals surface area contributed by atoms with Gasteiger partial charge in [0.25, 0.3) is 0 Å². The van der Waals surface area contributed by atoms with Crippen molar-refractivity contribution in [3.05, 3.63) is 0 Å². The fourth-order valence-corrected chi connectivity index (χ4v) is 15.2. The van der Waals surface area contributed by atoms with Crippen LogP contribution in [0.5, 0.6) is 0 Å². The molecule has 8 aliphatic carbocycles. The molecule has 0 spiro atoms. The summed E-state index contributed by atoms with van der Waals surface area (Å²) in [6.07, 6.45) is 13.9. The summed E-state index contributed by atoms with van der Waals surface area (Å²) in [4.78, 5) is 24.8. The minimum absolute atomic E-state index is 0.0453. The molecule has 0 bridgehead atoms. The van der Waals surface area contributed by atoms with E-state index in [0.717, 1.165) is 83.0 Å². The zero-order valence-corrected chi connectivity index (χ0v) is 31.8. The van der Waals surface area contributed by atoms with E-state index >= 15 is 0 Å². The van der Waals surface area contributed by atoms with Crippen LogP contribution in [0.4, 0.5) is 0 Å². The third kappa shape index (κ3) is 5.47. The van der Waals surface area contributed by atoms with Crippen LogP contribution in [-0.2, 0) is 9.59 Å². The topological polar surface area (TPSA) is 74.6 Å². The van der Waals surface area contributed by atoms with E-state index in [1.165, 1.54) is 26.2 Å². The summed E-state index contributed by atoms with van der Waals surface area (Å²) in [7, 11) is 0. The van der Waals surface area contributed by atoms with Crippen LogP contribution < -0.4 is 0 Å². The molecule has 48 heavy (non-hydrogen) atoms. The number of carbonyl (C=O) groups excluding carboxylic acids is 2. The number of Topliss-reactive ketones (excluding diaryl/α,β-unsaturated/α-hetero) is 2. The molecule has 8 rings (SSSR count). The molecule has 0 radical (unpaired) electrons. The largest absolute Gasteiger partial charge is 0.390 e. The van der Waals surface area contributed by atoms with Crippen molar-refractivity contribution >= 4 is 11.6 Å². The van der Waals surface area contributed by atoms with Crippen LogP contribution in [0, 0.1) is 80.8 Å². The van der Waals surface area contributed by atoms with Crippen molar-refractivity contribution in [2.75, 3.05) is 0 Å². The second-order valence-corrected chi connectivity index (χ2v) is 20.6. The maximum absolute atomic E-state index is 12.5. The summed E-state index contributed by atoms with van der Waals surface area (Å²) in [5.41, 5.74) is -0.952. The third-order valence-electron chi connectivity index (χ3n) is 17.9. The molecular formula is C44H72O4. The molecule has 0 aliphatic heterocycles. The molecular weight excluding hydrogens is 592 g/mol. The van der Waals surface area contributed by atoms with Gasteiger partial charge in [0.1, 0.15) is 11.6 Å². The van der Waals surface area contributed by atoms with Gasteiger partial charge in [-0.25, -0.2) is 0 Å². The van der Waals surface area contributed by atoms with E-state index in [9.17, 15) is 19.8 Å². The number of hydrogen-bond donors (Lipinski definition) is 2. The van der Waals surface area contributed by atoms with Gasteiger partial charge in [0.15, 0.2) is 0 Å². The fraction of sp³-hybridized carbons (Fsp3) is 0.955. The first-order valence-electron chi connectivity index (χ1n) is 22.3. The Bertz CT molecular complexity index is 1450. The first-order chi connectivity index (χ1) is 23.9. The SMILES string of the molecule is [2H]C1([2H])C[C@H]2[C@@H]3CC[C@H]4C[C@](C)(O)CC[C@]4(C)[C@H]3CC[C@]2(C)[C@@]1([2H])C(C)=O.[2H]C1C[C@H]2[C@@H]3CC[C@H]4C[C@](C)(O)CC[C@]4(C)[C@H]3CC[C@]2(C)[C@H]1C(C)=O. The Hall–Kier alpha value is -0.740. The lowest BCUT2D eigenvalue weighted by molar-refractivity contribution is -0.150. The van der Waals surface area contributed by atoms with Crippen molar-refractivity contribution < 1.29 is 25.3 Å². The van der Waals surface area contributed by atoms with Gasteiger partial charge < -0.3 is 10.2 Å². The first kappa shape index (κ1) is 30.8. The molecule has 0 aromatic heterocycles. The quantitative estimate of drug-likeness (QED) is 0.307. The number of ketones is 2.